The van der Waals surface area contributed by atoms with Crippen LogP contribution in [0, 0.1) is 6.92 Å². The predicted molar refractivity (Wildman–Crippen MR) is 82.0 cm³/mol. The van der Waals surface area contributed by atoms with Gasteiger partial charge in [0.05, 0.1) is 5.52 Å². The van der Waals surface area contributed by atoms with Crippen molar-refractivity contribution >= 4 is 22.5 Å². The van der Waals surface area contributed by atoms with Crippen molar-refractivity contribution in [2.75, 3.05) is 0 Å². The van der Waals surface area contributed by atoms with Crippen LogP contribution in [0.2, 0.25) is 5.02 Å². The third-order valence-corrected chi connectivity index (χ3v) is 3.72. The lowest BCUT2D eigenvalue weighted by Gasteiger charge is -2.15. The molecule has 0 radical (unpaired) electrons. The maximum Gasteiger partial charge on any atom is 0.104 e. The molecule has 0 aliphatic heterocycles. The molecule has 2 nitrogen and oxygen atoms in total. The Morgan fingerprint density at radius 1 is 1.10 bits per heavy atom. The topological polar surface area (TPSA) is 33.1 Å². The Bertz CT molecular complexity index is 770. The maximum absolute atomic E-state index is 10.6. The summed E-state index contributed by atoms with van der Waals surface area (Å²) in [4.78, 5) is 4.32. The molecule has 1 unspecified atom stereocenters. The van der Waals surface area contributed by atoms with E-state index in [1.807, 2.05) is 55.5 Å². The van der Waals surface area contributed by atoms with Crippen molar-refractivity contribution < 1.29 is 5.11 Å². The number of aryl methyl sites for hydroxylation is 1. The number of halogens is 1. The number of aromatic nitrogens is 1. The smallest absolute Gasteiger partial charge is 0.104 e. The van der Waals surface area contributed by atoms with Crippen LogP contribution in [0.5, 0.6) is 0 Å². The lowest BCUT2D eigenvalue weighted by atomic mass is 9.97. The molecular weight excluding hydrogens is 270 g/mol. The fraction of sp³-hybridized carbons (Fsp3) is 0.118. The Morgan fingerprint density at radius 3 is 2.80 bits per heavy atom. The molecule has 0 aliphatic carbocycles. The van der Waals surface area contributed by atoms with Crippen LogP contribution in [0.3, 0.4) is 0 Å². The van der Waals surface area contributed by atoms with Gasteiger partial charge < -0.3 is 5.11 Å². The fourth-order valence-corrected chi connectivity index (χ4v) is 2.52. The summed E-state index contributed by atoms with van der Waals surface area (Å²) in [5.74, 6) is 0. The first-order chi connectivity index (χ1) is 9.65. The third kappa shape index (κ3) is 2.40. The van der Waals surface area contributed by atoms with Crippen LogP contribution in [0.25, 0.3) is 10.9 Å². The number of rotatable bonds is 2. The first-order valence-corrected chi connectivity index (χ1v) is 6.82. The van der Waals surface area contributed by atoms with E-state index in [0.29, 0.717) is 5.02 Å². The molecule has 0 amide bonds. The molecule has 0 fully saturated rings. The van der Waals surface area contributed by atoms with Crippen LogP contribution in [-0.2, 0) is 0 Å². The van der Waals surface area contributed by atoms with Crippen LogP contribution in [0.1, 0.15) is 22.8 Å². The van der Waals surface area contributed by atoms with Gasteiger partial charge in [-0.2, -0.15) is 0 Å². The molecule has 100 valence electrons. The van der Waals surface area contributed by atoms with Gasteiger partial charge in [0.1, 0.15) is 6.10 Å². The van der Waals surface area contributed by atoms with Crippen molar-refractivity contribution in [2.45, 2.75) is 13.0 Å². The standard InChI is InChI=1S/C17H14ClNO/c1-11-4-7-14(18)10-15(11)17(20)13-6-5-12-3-2-8-19-16(12)9-13/h2-10,17,20H,1H3. The SMILES string of the molecule is Cc1ccc(Cl)cc1C(O)c1ccc2cccnc2c1. The van der Waals surface area contributed by atoms with Gasteiger partial charge in [0, 0.05) is 16.6 Å². The van der Waals surface area contributed by atoms with Gasteiger partial charge in [0.15, 0.2) is 0 Å². The summed E-state index contributed by atoms with van der Waals surface area (Å²) in [5, 5.41) is 12.3. The van der Waals surface area contributed by atoms with E-state index in [0.717, 1.165) is 27.6 Å². The zero-order valence-electron chi connectivity index (χ0n) is 11.0. The van der Waals surface area contributed by atoms with Gasteiger partial charge in [-0.1, -0.05) is 35.9 Å². The second-order valence-corrected chi connectivity index (χ2v) is 5.30. The minimum Gasteiger partial charge on any atom is -0.384 e. The Kier molecular flexibility index (Phi) is 3.43. The quantitative estimate of drug-likeness (QED) is 0.761. The minimum absolute atomic E-state index is 0.628. The second-order valence-electron chi connectivity index (χ2n) is 4.86. The molecule has 1 aromatic heterocycles. The van der Waals surface area contributed by atoms with Gasteiger partial charge in [-0.3, -0.25) is 4.98 Å². The van der Waals surface area contributed by atoms with E-state index in [4.69, 9.17) is 11.6 Å². The van der Waals surface area contributed by atoms with Crippen LogP contribution < -0.4 is 0 Å². The summed E-state index contributed by atoms with van der Waals surface area (Å²) < 4.78 is 0. The van der Waals surface area contributed by atoms with E-state index in [-0.39, 0.29) is 0 Å². The molecular formula is C17H14ClNO. The lowest BCUT2D eigenvalue weighted by molar-refractivity contribution is 0.219. The molecule has 3 heteroatoms. The molecule has 1 heterocycles. The number of nitrogens with zero attached hydrogens (tertiary/aromatic N) is 1. The molecule has 0 aliphatic rings. The number of hydrogen-bond donors (Lipinski definition) is 1. The van der Waals surface area contributed by atoms with Crippen molar-refractivity contribution in [3.63, 3.8) is 0 Å². The highest BCUT2D eigenvalue weighted by molar-refractivity contribution is 6.30. The zero-order chi connectivity index (χ0) is 14.1. The zero-order valence-corrected chi connectivity index (χ0v) is 11.8. The second kappa shape index (κ2) is 5.23. The van der Waals surface area contributed by atoms with Gasteiger partial charge >= 0.3 is 0 Å². The molecule has 0 spiro atoms. The first kappa shape index (κ1) is 13.1. The van der Waals surface area contributed by atoms with Crippen molar-refractivity contribution in [1.82, 2.24) is 4.98 Å². The lowest BCUT2D eigenvalue weighted by Crippen LogP contribution is -2.02. The predicted octanol–water partition coefficient (Wildman–Crippen LogP) is 4.28. The van der Waals surface area contributed by atoms with Gasteiger partial charge in [-0.25, -0.2) is 0 Å². The van der Waals surface area contributed by atoms with Crippen molar-refractivity contribution in [2.24, 2.45) is 0 Å². The highest BCUT2D eigenvalue weighted by Gasteiger charge is 2.14. The number of fused-ring (bicyclic) bond motifs is 1. The van der Waals surface area contributed by atoms with Crippen LogP contribution >= 0.6 is 11.6 Å². The molecule has 0 saturated carbocycles. The summed E-state index contributed by atoms with van der Waals surface area (Å²) >= 11 is 6.02. The van der Waals surface area contributed by atoms with Crippen LogP contribution in [0.4, 0.5) is 0 Å². The number of benzene rings is 2. The van der Waals surface area contributed by atoms with E-state index in [1.54, 1.807) is 6.20 Å². The maximum atomic E-state index is 10.6. The Hall–Kier alpha value is -1.90. The van der Waals surface area contributed by atoms with E-state index < -0.39 is 6.10 Å². The van der Waals surface area contributed by atoms with E-state index in [2.05, 4.69) is 4.98 Å². The molecule has 0 bridgehead atoms. The molecule has 20 heavy (non-hydrogen) atoms. The van der Waals surface area contributed by atoms with Gasteiger partial charge in [0.25, 0.3) is 0 Å². The fourth-order valence-electron chi connectivity index (χ4n) is 2.34. The highest BCUT2D eigenvalue weighted by atomic mass is 35.5. The van der Waals surface area contributed by atoms with Crippen LogP contribution in [-0.4, -0.2) is 10.1 Å². The molecule has 2 aromatic carbocycles. The van der Waals surface area contributed by atoms with Crippen molar-refractivity contribution in [3.8, 4) is 0 Å². The van der Waals surface area contributed by atoms with Crippen LogP contribution in [0.15, 0.2) is 54.7 Å². The number of aliphatic hydroxyl groups excluding tert-OH is 1. The molecule has 1 atom stereocenters. The van der Waals surface area contributed by atoms with Crippen molar-refractivity contribution in [3.05, 3.63) is 76.4 Å². The minimum atomic E-state index is -0.694. The Labute approximate surface area is 122 Å². The number of pyridine rings is 1. The molecule has 3 rings (SSSR count). The molecule has 0 saturated heterocycles. The first-order valence-electron chi connectivity index (χ1n) is 6.44. The van der Waals surface area contributed by atoms with Crippen molar-refractivity contribution in [1.29, 1.82) is 0 Å². The van der Waals surface area contributed by atoms with Gasteiger partial charge in [-0.15, -0.1) is 0 Å². The molecule has 3 aromatic rings. The number of hydrogen-bond acceptors (Lipinski definition) is 2. The highest BCUT2D eigenvalue weighted by Crippen LogP contribution is 2.28. The molecule has 1 N–H and O–H groups in total. The van der Waals surface area contributed by atoms with E-state index >= 15 is 0 Å². The summed E-state index contributed by atoms with van der Waals surface area (Å²) in [7, 11) is 0. The normalized spacial score (nSPS) is 12.6. The summed E-state index contributed by atoms with van der Waals surface area (Å²) in [6.45, 7) is 1.97. The average Bonchev–Trinajstić information content (AvgIpc) is 2.48. The van der Waals surface area contributed by atoms with Gasteiger partial charge in [-0.05, 0) is 47.9 Å². The van der Waals surface area contributed by atoms with E-state index in [9.17, 15) is 5.11 Å². The monoisotopic (exact) mass is 283 g/mol. The summed E-state index contributed by atoms with van der Waals surface area (Å²) in [6.07, 6.45) is 1.06. The van der Waals surface area contributed by atoms with E-state index in [1.165, 1.54) is 0 Å². The largest absolute Gasteiger partial charge is 0.384 e. The summed E-state index contributed by atoms with van der Waals surface area (Å²) in [5.41, 5.74) is 3.54. The Balaban J connectivity index is 2.07. The Morgan fingerprint density at radius 2 is 1.95 bits per heavy atom. The third-order valence-electron chi connectivity index (χ3n) is 3.48. The average molecular weight is 284 g/mol. The number of aliphatic hydroxyl groups is 1. The summed E-state index contributed by atoms with van der Waals surface area (Å²) in [6, 6.07) is 15.3. The van der Waals surface area contributed by atoms with Gasteiger partial charge in [0.2, 0.25) is 0 Å².